The summed E-state index contributed by atoms with van der Waals surface area (Å²) in [6.45, 7) is 2.15. The van der Waals surface area contributed by atoms with E-state index in [1.807, 2.05) is 24.3 Å². The van der Waals surface area contributed by atoms with Crippen LogP contribution in [0.2, 0.25) is 0 Å². The fourth-order valence-electron chi connectivity index (χ4n) is 2.39. The smallest absolute Gasteiger partial charge is 0.357 e. The van der Waals surface area contributed by atoms with Crippen molar-refractivity contribution in [1.29, 1.82) is 5.26 Å². The highest BCUT2D eigenvalue weighted by molar-refractivity contribution is 9.10. The quantitative estimate of drug-likeness (QED) is 0.805. The summed E-state index contributed by atoms with van der Waals surface area (Å²) >= 11 is 3.54. The molecule has 5 nitrogen and oxygen atoms in total. The zero-order valence-corrected chi connectivity index (χ0v) is 14.7. The molecule has 0 aliphatic carbocycles. The second-order valence-electron chi connectivity index (χ2n) is 5.17. The Bertz CT molecular complexity index is 775. The molecule has 0 fully saturated rings. The molecule has 0 aliphatic heterocycles. The molecule has 0 saturated carbocycles. The van der Waals surface area contributed by atoms with Crippen molar-refractivity contribution in [1.82, 2.24) is 4.57 Å². The van der Waals surface area contributed by atoms with Crippen LogP contribution < -0.4 is 5.73 Å². The van der Waals surface area contributed by atoms with Gasteiger partial charge in [0.1, 0.15) is 6.07 Å². The SMILES string of the molecule is CCCCc1ccc(-n2cc(C#N)c(N)c2C(=O)OC)c(Br)c1. The number of nitrogens with zero attached hydrogens (tertiary/aromatic N) is 2. The summed E-state index contributed by atoms with van der Waals surface area (Å²) in [5, 5.41) is 9.16. The molecule has 0 unspecified atom stereocenters. The fourth-order valence-corrected chi connectivity index (χ4v) is 3.00. The summed E-state index contributed by atoms with van der Waals surface area (Å²) in [4.78, 5) is 12.0. The summed E-state index contributed by atoms with van der Waals surface area (Å²) < 4.78 is 7.21. The van der Waals surface area contributed by atoms with Gasteiger partial charge in [-0.2, -0.15) is 5.26 Å². The molecule has 2 N–H and O–H groups in total. The third kappa shape index (κ3) is 3.40. The summed E-state index contributed by atoms with van der Waals surface area (Å²) in [5.74, 6) is -0.578. The maximum absolute atomic E-state index is 12.0. The number of carbonyl (C=O) groups excluding carboxylic acids is 1. The molecule has 23 heavy (non-hydrogen) atoms. The largest absolute Gasteiger partial charge is 0.464 e. The molecule has 120 valence electrons. The van der Waals surface area contributed by atoms with Crippen LogP contribution >= 0.6 is 15.9 Å². The van der Waals surface area contributed by atoms with E-state index in [9.17, 15) is 4.79 Å². The molecule has 0 bridgehead atoms. The molecular formula is C17H18BrN3O2. The fraction of sp³-hybridized carbons (Fsp3) is 0.294. The molecule has 1 aromatic heterocycles. The van der Waals surface area contributed by atoms with Gasteiger partial charge >= 0.3 is 5.97 Å². The zero-order chi connectivity index (χ0) is 17.0. The molecule has 6 heteroatoms. The van der Waals surface area contributed by atoms with Gasteiger partial charge in [0, 0.05) is 10.7 Å². The number of carbonyl (C=O) groups is 1. The van der Waals surface area contributed by atoms with E-state index in [0.29, 0.717) is 0 Å². The van der Waals surface area contributed by atoms with Crippen LogP contribution in [0.1, 0.15) is 41.4 Å². The average molecular weight is 376 g/mol. The molecule has 1 aromatic carbocycles. The maximum atomic E-state index is 12.0. The van der Waals surface area contributed by atoms with Crippen LogP contribution in [-0.2, 0) is 11.2 Å². The summed E-state index contributed by atoms with van der Waals surface area (Å²) in [6.07, 6.45) is 4.80. The van der Waals surface area contributed by atoms with Crippen LogP contribution in [0.5, 0.6) is 0 Å². The normalized spacial score (nSPS) is 10.3. The number of nitrogens with two attached hydrogens (primary N) is 1. The van der Waals surface area contributed by atoms with E-state index in [4.69, 9.17) is 15.7 Å². The number of methoxy groups -OCH3 is 1. The third-order valence-corrected chi connectivity index (χ3v) is 4.27. The second kappa shape index (κ2) is 7.34. The van der Waals surface area contributed by atoms with Gasteiger partial charge in [-0.15, -0.1) is 0 Å². The lowest BCUT2D eigenvalue weighted by molar-refractivity contribution is 0.0593. The average Bonchev–Trinajstić information content (AvgIpc) is 2.88. The standard InChI is InChI=1S/C17H18BrN3O2/c1-3-4-5-11-6-7-14(13(18)8-11)21-10-12(9-19)15(20)16(21)17(22)23-2/h6-8,10H,3-5,20H2,1-2H3. The highest BCUT2D eigenvalue weighted by atomic mass is 79.9. The number of benzene rings is 1. The highest BCUT2D eigenvalue weighted by Crippen LogP contribution is 2.29. The lowest BCUT2D eigenvalue weighted by Gasteiger charge is -2.12. The van der Waals surface area contributed by atoms with Gasteiger partial charge in [0.15, 0.2) is 5.69 Å². The Labute approximate surface area is 143 Å². The van der Waals surface area contributed by atoms with Crippen LogP contribution in [0, 0.1) is 11.3 Å². The van der Waals surface area contributed by atoms with E-state index in [1.165, 1.54) is 12.7 Å². The minimum Gasteiger partial charge on any atom is -0.464 e. The Kier molecular flexibility index (Phi) is 5.45. The van der Waals surface area contributed by atoms with Gasteiger partial charge in [-0.05, 0) is 46.5 Å². The van der Waals surface area contributed by atoms with E-state index in [0.717, 1.165) is 29.4 Å². The number of hydrogen-bond donors (Lipinski definition) is 1. The molecular weight excluding hydrogens is 358 g/mol. The Morgan fingerprint density at radius 2 is 2.22 bits per heavy atom. The second-order valence-corrected chi connectivity index (χ2v) is 6.02. The van der Waals surface area contributed by atoms with Gasteiger partial charge in [0.05, 0.1) is 24.0 Å². The predicted molar refractivity (Wildman–Crippen MR) is 92.5 cm³/mol. The molecule has 1 heterocycles. The maximum Gasteiger partial charge on any atom is 0.357 e. The molecule has 0 atom stereocenters. The van der Waals surface area contributed by atoms with Crippen LogP contribution in [0.4, 0.5) is 5.69 Å². The lowest BCUT2D eigenvalue weighted by atomic mass is 10.1. The van der Waals surface area contributed by atoms with Gasteiger partial charge in [0.2, 0.25) is 0 Å². The molecule has 2 rings (SSSR count). The number of unbranched alkanes of at least 4 members (excludes halogenated alkanes) is 1. The van der Waals surface area contributed by atoms with E-state index >= 15 is 0 Å². The zero-order valence-electron chi connectivity index (χ0n) is 13.1. The topological polar surface area (TPSA) is 81.0 Å². The van der Waals surface area contributed by atoms with Gasteiger partial charge in [-0.1, -0.05) is 19.4 Å². The van der Waals surface area contributed by atoms with Crippen molar-refractivity contribution in [3.8, 4) is 11.8 Å². The Morgan fingerprint density at radius 3 is 2.78 bits per heavy atom. The van der Waals surface area contributed by atoms with E-state index < -0.39 is 5.97 Å². The molecule has 0 aliphatic rings. The van der Waals surface area contributed by atoms with E-state index in [-0.39, 0.29) is 16.9 Å². The number of ether oxygens (including phenoxy) is 1. The van der Waals surface area contributed by atoms with Crippen LogP contribution in [0.3, 0.4) is 0 Å². The Morgan fingerprint density at radius 1 is 1.48 bits per heavy atom. The van der Waals surface area contributed by atoms with Gasteiger partial charge in [0.25, 0.3) is 0 Å². The number of esters is 1. The van der Waals surface area contributed by atoms with Crippen LogP contribution in [0.15, 0.2) is 28.9 Å². The first-order chi connectivity index (χ1) is 11.0. The number of nitrogen functional groups attached to an aromatic ring is 1. The Hall–Kier alpha value is -2.26. The van der Waals surface area contributed by atoms with Crippen molar-refractivity contribution in [3.63, 3.8) is 0 Å². The lowest BCUT2D eigenvalue weighted by Crippen LogP contribution is -2.11. The Balaban J connectivity index is 2.54. The first-order valence-corrected chi connectivity index (χ1v) is 8.10. The summed E-state index contributed by atoms with van der Waals surface area (Å²) in [5.41, 5.74) is 8.39. The molecule has 0 saturated heterocycles. The monoisotopic (exact) mass is 375 g/mol. The van der Waals surface area contributed by atoms with Crippen molar-refractivity contribution in [2.45, 2.75) is 26.2 Å². The molecule has 0 spiro atoms. The summed E-state index contributed by atoms with van der Waals surface area (Å²) in [7, 11) is 1.29. The molecule has 2 aromatic rings. The number of anilines is 1. The van der Waals surface area contributed by atoms with Crippen molar-refractivity contribution in [2.75, 3.05) is 12.8 Å². The minimum atomic E-state index is -0.578. The van der Waals surface area contributed by atoms with Crippen molar-refractivity contribution in [3.05, 3.63) is 45.7 Å². The van der Waals surface area contributed by atoms with Gasteiger partial charge in [-0.25, -0.2) is 4.79 Å². The number of rotatable bonds is 5. The number of aryl methyl sites for hydroxylation is 1. The molecule has 0 radical (unpaired) electrons. The van der Waals surface area contributed by atoms with Crippen molar-refractivity contribution in [2.24, 2.45) is 0 Å². The van der Waals surface area contributed by atoms with Crippen LogP contribution in [0.25, 0.3) is 5.69 Å². The van der Waals surface area contributed by atoms with Gasteiger partial charge < -0.3 is 15.0 Å². The number of aromatic nitrogens is 1. The first kappa shape index (κ1) is 17.1. The third-order valence-electron chi connectivity index (χ3n) is 3.63. The number of hydrogen-bond acceptors (Lipinski definition) is 4. The highest BCUT2D eigenvalue weighted by Gasteiger charge is 2.22. The van der Waals surface area contributed by atoms with E-state index in [1.54, 1.807) is 10.8 Å². The summed E-state index contributed by atoms with van der Waals surface area (Å²) in [6, 6.07) is 7.93. The number of nitriles is 1. The molecule has 0 amide bonds. The van der Waals surface area contributed by atoms with E-state index in [2.05, 4.69) is 22.9 Å². The number of halogens is 1. The van der Waals surface area contributed by atoms with Gasteiger partial charge in [-0.3, -0.25) is 0 Å². The minimum absolute atomic E-state index is 0.126. The first-order valence-electron chi connectivity index (χ1n) is 7.31. The predicted octanol–water partition coefficient (Wildman–Crippen LogP) is 3.82. The van der Waals surface area contributed by atoms with Crippen LogP contribution in [-0.4, -0.2) is 17.6 Å². The van der Waals surface area contributed by atoms with Crippen molar-refractivity contribution >= 4 is 27.6 Å². The van der Waals surface area contributed by atoms with Crippen molar-refractivity contribution < 1.29 is 9.53 Å².